The van der Waals surface area contributed by atoms with Gasteiger partial charge >= 0.3 is 7.82 Å². The van der Waals surface area contributed by atoms with Crippen LogP contribution in [0.5, 0.6) is 5.75 Å². The smallest absolute Gasteiger partial charge is 0.469 e. The highest BCUT2D eigenvalue weighted by Crippen LogP contribution is 2.38. The number of hydrogen-bond acceptors (Lipinski definition) is 3. The minimum atomic E-state index is -4.46. The molecule has 18 heavy (non-hydrogen) atoms. The van der Waals surface area contributed by atoms with E-state index in [1.807, 2.05) is 25.1 Å². The van der Waals surface area contributed by atoms with Gasteiger partial charge in [-0.15, -0.1) is 0 Å². The molecule has 0 saturated heterocycles. The van der Waals surface area contributed by atoms with Gasteiger partial charge in [-0.05, 0) is 18.6 Å². The van der Waals surface area contributed by atoms with Crippen molar-refractivity contribution in [3.63, 3.8) is 0 Å². The maximum absolute atomic E-state index is 10.8. The number of para-hydroxylation sites is 1. The summed E-state index contributed by atoms with van der Waals surface area (Å²) in [6.07, 6.45) is 1.75. The first-order valence-electron chi connectivity index (χ1n) is 5.93. The van der Waals surface area contributed by atoms with Gasteiger partial charge in [-0.2, -0.15) is 0 Å². The van der Waals surface area contributed by atoms with Crippen molar-refractivity contribution in [2.45, 2.75) is 32.3 Å². The molecule has 1 atom stereocenters. The van der Waals surface area contributed by atoms with Crippen LogP contribution in [-0.2, 0) is 9.09 Å². The van der Waals surface area contributed by atoms with E-state index in [0.29, 0.717) is 12.2 Å². The Morgan fingerprint density at radius 3 is 2.50 bits per heavy atom. The molecule has 102 valence electrons. The van der Waals surface area contributed by atoms with Crippen molar-refractivity contribution in [1.82, 2.24) is 0 Å². The lowest BCUT2D eigenvalue weighted by Crippen LogP contribution is -2.20. The van der Waals surface area contributed by atoms with E-state index < -0.39 is 13.9 Å². The van der Waals surface area contributed by atoms with Crippen molar-refractivity contribution in [3.05, 3.63) is 30.3 Å². The van der Waals surface area contributed by atoms with Crippen molar-refractivity contribution in [2.75, 3.05) is 6.61 Å². The monoisotopic (exact) mass is 274 g/mol. The second-order valence-electron chi connectivity index (χ2n) is 3.98. The van der Waals surface area contributed by atoms with E-state index in [2.05, 4.69) is 0 Å². The zero-order valence-electron chi connectivity index (χ0n) is 10.4. The van der Waals surface area contributed by atoms with Crippen molar-refractivity contribution >= 4 is 7.82 Å². The minimum absolute atomic E-state index is 0.134. The molecule has 0 aliphatic carbocycles. The summed E-state index contributed by atoms with van der Waals surface area (Å²) < 4.78 is 21.0. The SMILES string of the molecule is CCCCC(COc1ccccc1)OP(=O)(O)O. The number of ether oxygens (including phenoxy) is 1. The van der Waals surface area contributed by atoms with E-state index in [0.717, 1.165) is 12.8 Å². The molecule has 0 aliphatic heterocycles. The largest absolute Gasteiger partial charge is 0.491 e. The van der Waals surface area contributed by atoms with Crippen molar-refractivity contribution in [2.24, 2.45) is 0 Å². The lowest BCUT2D eigenvalue weighted by molar-refractivity contribution is 0.0822. The lowest BCUT2D eigenvalue weighted by atomic mass is 10.2. The summed E-state index contributed by atoms with van der Waals surface area (Å²) in [4.78, 5) is 17.6. The third-order valence-electron chi connectivity index (χ3n) is 2.35. The van der Waals surface area contributed by atoms with Crippen LogP contribution in [0.15, 0.2) is 30.3 Å². The number of phosphoric acid groups is 1. The number of phosphoric ester groups is 1. The molecule has 6 heteroatoms. The number of rotatable bonds is 8. The fraction of sp³-hybridized carbons (Fsp3) is 0.500. The van der Waals surface area contributed by atoms with Gasteiger partial charge in [0.2, 0.25) is 0 Å². The van der Waals surface area contributed by atoms with Crippen LogP contribution in [0.1, 0.15) is 26.2 Å². The first-order valence-corrected chi connectivity index (χ1v) is 7.46. The highest BCUT2D eigenvalue weighted by atomic mass is 31.2. The third-order valence-corrected chi connectivity index (χ3v) is 2.92. The molecule has 0 aliphatic rings. The Balaban J connectivity index is 2.48. The van der Waals surface area contributed by atoms with Crippen LogP contribution < -0.4 is 4.74 Å². The maximum atomic E-state index is 10.8. The first-order chi connectivity index (χ1) is 8.51. The Kier molecular flexibility index (Phi) is 6.36. The minimum Gasteiger partial charge on any atom is -0.491 e. The van der Waals surface area contributed by atoms with Gasteiger partial charge in [0.1, 0.15) is 18.5 Å². The molecule has 0 fully saturated rings. The van der Waals surface area contributed by atoms with Crippen molar-refractivity contribution in [3.8, 4) is 5.75 Å². The third kappa shape index (κ3) is 6.77. The van der Waals surface area contributed by atoms with Gasteiger partial charge in [-0.1, -0.05) is 38.0 Å². The highest BCUT2D eigenvalue weighted by Gasteiger charge is 2.22. The van der Waals surface area contributed by atoms with Crippen molar-refractivity contribution < 1.29 is 23.6 Å². The molecule has 1 aromatic rings. The number of benzene rings is 1. The molecule has 0 amide bonds. The summed E-state index contributed by atoms with van der Waals surface area (Å²) in [6.45, 7) is 2.14. The molecular weight excluding hydrogens is 255 g/mol. The Labute approximate surface area is 107 Å². The maximum Gasteiger partial charge on any atom is 0.469 e. The molecule has 0 bridgehead atoms. The predicted octanol–water partition coefficient (Wildman–Crippen LogP) is 2.73. The van der Waals surface area contributed by atoms with Crippen LogP contribution in [0.3, 0.4) is 0 Å². The molecule has 0 saturated carbocycles. The zero-order chi connectivity index (χ0) is 13.4. The summed E-state index contributed by atoms with van der Waals surface area (Å²) in [5.41, 5.74) is 0. The fourth-order valence-electron chi connectivity index (χ4n) is 1.50. The quantitative estimate of drug-likeness (QED) is 0.713. The van der Waals surface area contributed by atoms with E-state index in [-0.39, 0.29) is 6.61 Å². The van der Waals surface area contributed by atoms with Crippen LogP contribution >= 0.6 is 7.82 Å². The summed E-state index contributed by atoms with van der Waals surface area (Å²) in [6, 6.07) is 9.11. The van der Waals surface area contributed by atoms with Gasteiger partial charge in [0.15, 0.2) is 0 Å². The van der Waals surface area contributed by atoms with E-state index in [9.17, 15) is 4.57 Å². The van der Waals surface area contributed by atoms with Crippen LogP contribution in [-0.4, -0.2) is 22.5 Å². The Bertz CT molecular complexity index is 375. The van der Waals surface area contributed by atoms with Crippen LogP contribution in [0.2, 0.25) is 0 Å². The number of unbranched alkanes of at least 4 members (excludes halogenated alkanes) is 1. The molecule has 0 aromatic heterocycles. The predicted molar refractivity (Wildman–Crippen MR) is 68.4 cm³/mol. The van der Waals surface area contributed by atoms with Gasteiger partial charge in [-0.25, -0.2) is 4.57 Å². The zero-order valence-corrected chi connectivity index (χ0v) is 11.3. The molecule has 5 nitrogen and oxygen atoms in total. The highest BCUT2D eigenvalue weighted by molar-refractivity contribution is 7.46. The Morgan fingerprint density at radius 1 is 1.28 bits per heavy atom. The average molecular weight is 274 g/mol. The second-order valence-corrected chi connectivity index (χ2v) is 5.18. The Morgan fingerprint density at radius 2 is 1.94 bits per heavy atom. The molecule has 0 heterocycles. The summed E-state index contributed by atoms with van der Waals surface area (Å²) in [5, 5.41) is 0. The lowest BCUT2D eigenvalue weighted by Gasteiger charge is -2.18. The molecular formula is C12H19O5P. The Hall–Kier alpha value is -0.870. The van der Waals surface area contributed by atoms with E-state index in [1.165, 1.54) is 0 Å². The topological polar surface area (TPSA) is 76.0 Å². The summed E-state index contributed by atoms with van der Waals surface area (Å²) >= 11 is 0. The van der Waals surface area contributed by atoms with E-state index >= 15 is 0 Å². The second kappa shape index (κ2) is 7.54. The standard InChI is InChI=1S/C12H19O5P/c1-2-3-7-12(17-18(13,14)15)10-16-11-8-5-4-6-9-11/h4-6,8-9,12H,2-3,7,10H2,1H3,(H2,13,14,15). The van der Waals surface area contributed by atoms with Gasteiger partial charge < -0.3 is 14.5 Å². The molecule has 1 rings (SSSR count). The first kappa shape index (κ1) is 15.2. The molecule has 1 aromatic carbocycles. The van der Waals surface area contributed by atoms with Gasteiger partial charge in [0.05, 0.1) is 0 Å². The van der Waals surface area contributed by atoms with Crippen molar-refractivity contribution in [1.29, 1.82) is 0 Å². The average Bonchev–Trinajstić information content (AvgIpc) is 2.32. The molecule has 0 spiro atoms. The summed E-state index contributed by atoms with van der Waals surface area (Å²) in [7, 11) is -4.46. The van der Waals surface area contributed by atoms with Crippen LogP contribution in [0, 0.1) is 0 Å². The van der Waals surface area contributed by atoms with Crippen LogP contribution in [0.25, 0.3) is 0 Å². The summed E-state index contributed by atoms with van der Waals surface area (Å²) in [5.74, 6) is 0.660. The normalized spacial score (nSPS) is 13.3. The molecule has 0 radical (unpaired) electrons. The van der Waals surface area contributed by atoms with E-state index in [1.54, 1.807) is 12.1 Å². The number of hydrogen-bond donors (Lipinski definition) is 2. The van der Waals surface area contributed by atoms with Gasteiger partial charge in [0, 0.05) is 0 Å². The fourth-order valence-corrected chi connectivity index (χ4v) is 2.05. The van der Waals surface area contributed by atoms with E-state index in [4.69, 9.17) is 19.0 Å². The van der Waals surface area contributed by atoms with Gasteiger partial charge in [0.25, 0.3) is 0 Å². The molecule has 1 unspecified atom stereocenters. The van der Waals surface area contributed by atoms with Gasteiger partial charge in [-0.3, -0.25) is 4.52 Å². The van der Waals surface area contributed by atoms with Crippen LogP contribution in [0.4, 0.5) is 0 Å². The molecule has 2 N–H and O–H groups in total.